The Balaban J connectivity index is 2.28. The van der Waals surface area contributed by atoms with Gasteiger partial charge in [0.25, 0.3) is 0 Å². The smallest absolute Gasteiger partial charge is 0.320 e. The highest BCUT2D eigenvalue weighted by Crippen LogP contribution is 2.27. The summed E-state index contributed by atoms with van der Waals surface area (Å²) < 4.78 is 31.6. The molecule has 0 fully saturated rings. The van der Waals surface area contributed by atoms with E-state index in [1.54, 1.807) is 0 Å². The number of carbonyl (C=O) groups excluding carboxylic acids is 1. The Morgan fingerprint density at radius 3 is 2.53 bits per heavy atom. The maximum Gasteiger partial charge on any atom is 0.320 e. The minimum atomic E-state index is -1.53. The number of rotatable bonds is 6. The molecular weight excluding hydrogens is 400 g/mol. The van der Waals surface area contributed by atoms with Crippen LogP contribution in [0.2, 0.25) is 0 Å². The number of carbonyl (C=O) groups is 1. The highest BCUT2D eigenvalue weighted by Gasteiger charge is 2.31. The fourth-order valence-electron chi connectivity index (χ4n) is 2.81. The number of methoxy groups -OCH3 is 1. The first-order valence-corrected chi connectivity index (χ1v) is 8.76. The van der Waals surface area contributed by atoms with Crippen LogP contribution in [0.3, 0.4) is 0 Å². The molecule has 1 aromatic carbocycles. The fraction of sp³-hybridized carbons (Fsp3) is 0.316. The highest BCUT2D eigenvalue weighted by atomic mass is 19.2. The second kappa shape index (κ2) is 9.01. The van der Waals surface area contributed by atoms with Crippen LogP contribution in [-0.2, 0) is 11.3 Å². The summed E-state index contributed by atoms with van der Waals surface area (Å²) in [6, 6.07) is 2.36. The molecule has 1 heterocycles. The van der Waals surface area contributed by atoms with Crippen molar-refractivity contribution in [3.8, 4) is 0 Å². The number of benzene rings is 1. The molecule has 0 saturated carbocycles. The number of amides is 2. The minimum absolute atomic E-state index is 0.0109. The van der Waals surface area contributed by atoms with E-state index in [9.17, 15) is 23.8 Å². The van der Waals surface area contributed by atoms with Crippen molar-refractivity contribution in [3.05, 3.63) is 52.7 Å². The molecule has 1 aromatic heterocycles. The van der Waals surface area contributed by atoms with E-state index in [1.807, 2.05) is 0 Å². The van der Waals surface area contributed by atoms with Gasteiger partial charge in [-0.3, -0.25) is 10.7 Å². The van der Waals surface area contributed by atoms with Gasteiger partial charge in [0.05, 0.1) is 36.6 Å². The summed E-state index contributed by atoms with van der Waals surface area (Å²) in [5, 5.41) is 32.5. The van der Waals surface area contributed by atoms with Crippen LogP contribution in [0.15, 0.2) is 24.3 Å². The van der Waals surface area contributed by atoms with E-state index in [1.165, 1.54) is 33.1 Å². The molecule has 7 N–H and O–H groups in total. The normalized spacial score (nSPS) is 12.2. The van der Waals surface area contributed by atoms with E-state index in [-0.39, 0.29) is 34.2 Å². The average molecular weight is 423 g/mol. The second-order valence-corrected chi connectivity index (χ2v) is 6.97. The minimum Gasteiger partial charge on any atom is -0.481 e. The summed E-state index contributed by atoms with van der Waals surface area (Å²) >= 11 is 0. The number of hydrogen-bond donors (Lipinski definition) is 6. The van der Waals surface area contributed by atoms with Crippen molar-refractivity contribution in [1.82, 2.24) is 10.3 Å². The standard InChI is InChI=1S/C19H23F2N5O4/c1-19(2,29)16(9-4-5-10(20)11(21)6-9)26-18(28)25-14-7-12(22)15(17(23)30-3)13(8-27)24-14/h4-7,16,23,27,29H,8H2,1-3H3,(H4,22,24,25,26,28)/t16-/m0/s1. The van der Waals surface area contributed by atoms with Crippen molar-refractivity contribution in [1.29, 1.82) is 5.41 Å². The molecule has 0 spiro atoms. The van der Waals surface area contributed by atoms with Gasteiger partial charge in [0.2, 0.25) is 5.90 Å². The Morgan fingerprint density at radius 2 is 2.00 bits per heavy atom. The lowest BCUT2D eigenvalue weighted by atomic mass is 9.92. The predicted octanol–water partition coefficient (Wildman–Crippen LogP) is 2.04. The van der Waals surface area contributed by atoms with E-state index in [0.717, 1.165) is 12.1 Å². The van der Waals surface area contributed by atoms with Crippen molar-refractivity contribution >= 4 is 23.4 Å². The molecule has 0 aliphatic carbocycles. The van der Waals surface area contributed by atoms with Crippen LogP contribution < -0.4 is 16.4 Å². The van der Waals surface area contributed by atoms with Crippen molar-refractivity contribution in [3.63, 3.8) is 0 Å². The molecule has 0 unspecified atom stereocenters. The maximum atomic E-state index is 13.6. The van der Waals surface area contributed by atoms with Gasteiger partial charge in [-0.05, 0) is 31.5 Å². The zero-order chi connectivity index (χ0) is 22.6. The first-order chi connectivity index (χ1) is 14.0. The van der Waals surface area contributed by atoms with Crippen LogP contribution >= 0.6 is 0 Å². The lowest BCUT2D eigenvalue weighted by molar-refractivity contribution is 0.0414. The van der Waals surface area contributed by atoms with E-state index >= 15 is 0 Å². The number of nitrogen functional groups attached to an aromatic ring is 1. The first kappa shape index (κ1) is 23.0. The van der Waals surface area contributed by atoms with Crippen LogP contribution in [-0.4, -0.2) is 39.8 Å². The third kappa shape index (κ3) is 5.19. The van der Waals surface area contributed by atoms with E-state index in [0.29, 0.717) is 0 Å². The third-order valence-corrected chi connectivity index (χ3v) is 4.21. The molecule has 9 nitrogen and oxygen atoms in total. The lowest BCUT2D eigenvalue weighted by Crippen LogP contribution is -2.44. The lowest BCUT2D eigenvalue weighted by Gasteiger charge is -2.30. The van der Waals surface area contributed by atoms with E-state index in [2.05, 4.69) is 15.6 Å². The summed E-state index contributed by atoms with van der Waals surface area (Å²) in [4.78, 5) is 16.5. The molecule has 2 rings (SSSR count). The quantitative estimate of drug-likeness (QED) is 0.309. The number of aliphatic hydroxyl groups is 2. The Kier molecular flexibility index (Phi) is 6.90. The van der Waals surface area contributed by atoms with Crippen LogP contribution in [0.1, 0.15) is 36.7 Å². The SMILES string of the molecule is COC(=N)c1c(N)cc(NC(=O)N[C@@H](c2ccc(F)c(F)c2)C(C)(C)O)nc1CO. The van der Waals surface area contributed by atoms with Crippen LogP contribution in [0.25, 0.3) is 0 Å². The number of nitrogens with zero attached hydrogens (tertiary/aromatic N) is 1. The number of halogens is 2. The van der Waals surface area contributed by atoms with Gasteiger partial charge in [-0.2, -0.15) is 0 Å². The van der Waals surface area contributed by atoms with Gasteiger partial charge < -0.3 is 26.0 Å². The van der Waals surface area contributed by atoms with Crippen molar-refractivity contribution in [2.45, 2.75) is 32.1 Å². The summed E-state index contributed by atoms with van der Waals surface area (Å²) in [7, 11) is 1.26. The van der Waals surface area contributed by atoms with Gasteiger partial charge >= 0.3 is 6.03 Å². The van der Waals surface area contributed by atoms with Crippen molar-refractivity contribution in [2.75, 3.05) is 18.2 Å². The van der Waals surface area contributed by atoms with Gasteiger partial charge in [0.15, 0.2) is 11.6 Å². The van der Waals surface area contributed by atoms with Crippen molar-refractivity contribution < 1.29 is 28.5 Å². The monoisotopic (exact) mass is 423 g/mol. The molecule has 162 valence electrons. The molecule has 0 radical (unpaired) electrons. The second-order valence-electron chi connectivity index (χ2n) is 6.97. The number of hydrogen-bond acceptors (Lipinski definition) is 7. The highest BCUT2D eigenvalue weighted by molar-refractivity contribution is 5.99. The van der Waals surface area contributed by atoms with Crippen LogP contribution in [0.4, 0.5) is 25.1 Å². The van der Waals surface area contributed by atoms with Crippen molar-refractivity contribution in [2.24, 2.45) is 0 Å². The Labute approximate surface area is 171 Å². The van der Waals surface area contributed by atoms with Crippen LogP contribution in [0, 0.1) is 17.0 Å². The number of ether oxygens (including phenoxy) is 1. The number of aliphatic hydroxyl groups excluding tert-OH is 1. The Morgan fingerprint density at radius 1 is 1.33 bits per heavy atom. The first-order valence-electron chi connectivity index (χ1n) is 8.76. The molecule has 11 heteroatoms. The van der Waals surface area contributed by atoms with E-state index in [4.69, 9.17) is 15.9 Å². The molecular formula is C19H23F2N5O4. The molecule has 0 aliphatic rings. The summed E-state index contributed by atoms with van der Waals surface area (Å²) in [5.41, 5.74) is 4.63. The molecule has 30 heavy (non-hydrogen) atoms. The largest absolute Gasteiger partial charge is 0.481 e. The molecule has 0 saturated heterocycles. The Bertz CT molecular complexity index is 963. The summed E-state index contributed by atoms with van der Waals surface area (Å²) in [5.74, 6) is -2.53. The molecule has 2 amide bonds. The molecule has 2 aromatic rings. The number of nitrogens with one attached hydrogen (secondary N) is 3. The number of anilines is 2. The van der Waals surface area contributed by atoms with Crippen LogP contribution in [0.5, 0.6) is 0 Å². The molecule has 1 atom stereocenters. The number of nitrogens with two attached hydrogens (primary N) is 1. The third-order valence-electron chi connectivity index (χ3n) is 4.21. The Hall–Kier alpha value is -3.31. The van der Waals surface area contributed by atoms with Gasteiger partial charge in [-0.1, -0.05) is 6.07 Å². The number of aromatic nitrogens is 1. The van der Waals surface area contributed by atoms with Gasteiger partial charge in [-0.15, -0.1) is 0 Å². The zero-order valence-electron chi connectivity index (χ0n) is 16.6. The molecule has 0 bridgehead atoms. The summed E-state index contributed by atoms with van der Waals surface area (Å²) in [6.07, 6.45) is 0. The van der Waals surface area contributed by atoms with Gasteiger partial charge in [-0.25, -0.2) is 18.6 Å². The van der Waals surface area contributed by atoms with E-state index < -0.39 is 35.9 Å². The fourth-order valence-corrected chi connectivity index (χ4v) is 2.81. The van der Waals surface area contributed by atoms with Gasteiger partial charge in [0.1, 0.15) is 5.82 Å². The van der Waals surface area contributed by atoms with Gasteiger partial charge in [0, 0.05) is 11.8 Å². The summed E-state index contributed by atoms with van der Waals surface area (Å²) in [6.45, 7) is 2.22. The molecule has 0 aliphatic heterocycles. The topological polar surface area (TPSA) is 154 Å². The number of urea groups is 1. The maximum absolute atomic E-state index is 13.6. The average Bonchev–Trinajstić information content (AvgIpc) is 2.66. The number of pyridine rings is 1. The predicted molar refractivity (Wildman–Crippen MR) is 106 cm³/mol. The zero-order valence-corrected chi connectivity index (χ0v) is 16.6.